The maximum absolute atomic E-state index is 11.7. The second-order valence-electron chi connectivity index (χ2n) is 5.38. The van der Waals surface area contributed by atoms with Crippen molar-refractivity contribution in [3.05, 3.63) is 35.4 Å². The zero-order chi connectivity index (χ0) is 15.5. The number of nitrogens with one attached hydrogen (secondary N) is 2. The van der Waals surface area contributed by atoms with Gasteiger partial charge in [0.15, 0.2) is 0 Å². The van der Waals surface area contributed by atoms with Gasteiger partial charge < -0.3 is 10.4 Å². The lowest BCUT2D eigenvalue weighted by molar-refractivity contribution is 0.0697. The molecule has 0 heterocycles. The van der Waals surface area contributed by atoms with E-state index in [-0.39, 0.29) is 16.9 Å². The van der Waals surface area contributed by atoms with Gasteiger partial charge in [-0.15, -0.1) is 0 Å². The highest BCUT2D eigenvalue weighted by atomic mass is 32.2. The minimum absolute atomic E-state index is 0.00215. The molecule has 0 saturated heterocycles. The Morgan fingerprint density at radius 3 is 2.48 bits per heavy atom. The van der Waals surface area contributed by atoms with Crippen LogP contribution in [-0.2, 0) is 16.6 Å². The van der Waals surface area contributed by atoms with Gasteiger partial charge in [-0.2, -0.15) is 0 Å². The van der Waals surface area contributed by atoms with Crippen molar-refractivity contribution in [3.8, 4) is 0 Å². The van der Waals surface area contributed by atoms with Crippen LogP contribution in [-0.4, -0.2) is 37.3 Å². The van der Waals surface area contributed by atoms with Crippen molar-refractivity contribution in [2.24, 2.45) is 0 Å². The van der Waals surface area contributed by atoms with Crippen molar-refractivity contribution < 1.29 is 18.3 Å². The van der Waals surface area contributed by atoms with Gasteiger partial charge in [-0.05, 0) is 37.5 Å². The third-order valence-corrected chi connectivity index (χ3v) is 5.33. The minimum atomic E-state index is -3.14. The fraction of sp³-hybridized carbons (Fsp3) is 0.500. The van der Waals surface area contributed by atoms with E-state index in [4.69, 9.17) is 5.11 Å². The molecule has 1 aliphatic rings. The molecule has 0 amide bonds. The highest BCUT2D eigenvalue weighted by molar-refractivity contribution is 7.90. The van der Waals surface area contributed by atoms with E-state index in [0.29, 0.717) is 13.1 Å². The van der Waals surface area contributed by atoms with Crippen molar-refractivity contribution in [1.29, 1.82) is 0 Å². The first-order valence-electron chi connectivity index (χ1n) is 6.92. The Kier molecular flexibility index (Phi) is 4.97. The predicted octanol–water partition coefficient (Wildman–Crippen LogP) is 0.945. The molecule has 0 spiro atoms. The molecule has 0 bridgehead atoms. The first-order chi connectivity index (χ1) is 9.88. The molecule has 1 saturated carbocycles. The van der Waals surface area contributed by atoms with Crippen molar-refractivity contribution in [2.45, 2.75) is 37.6 Å². The molecule has 7 heteroatoms. The molecule has 1 atom stereocenters. The van der Waals surface area contributed by atoms with Crippen molar-refractivity contribution in [3.63, 3.8) is 0 Å². The van der Waals surface area contributed by atoms with Gasteiger partial charge in [0.1, 0.15) is 0 Å². The lowest BCUT2D eigenvalue weighted by Gasteiger charge is -2.15. The van der Waals surface area contributed by atoms with Gasteiger partial charge in [-0.3, -0.25) is 0 Å². The number of carbonyl (C=O) groups is 1. The minimum Gasteiger partial charge on any atom is -0.478 e. The second-order valence-corrected chi connectivity index (χ2v) is 7.42. The third-order valence-electron chi connectivity index (χ3n) is 3.41. The Labute approximate surface area is 124 Å². The van der Waals surface area contributed by atoms with Crippen LogP contribution in [0.15, 0.2) is 24.3 Å². The molecule has 1 aromatic carbocycles. The zero-order valence-electron chi connectivity index (χ0n) is 11.9. The molecule has 2 rings (SSSR count). The molecular weight excluding hydrogens is 292 g/mol. The standard InChI is InChI=1S/C14H20N2O4S/c1-10(8-16-21(19,20)13-6-7-13)15-9-11-2-4-12(5-3-11)14(17)18/h2-5,10,13,15-16H,6-9H2,1H3,(H,17,18). The first-order valence-corrected chi connectivity index (χ1v) is 8.47. The molecule has 1 aliphatic carbocycles. The van der Waals surface area contributed by atoms with Crippen LogP contribution in [0.5, 0.6) is 0 Å². The summed E-state index contributed by atoms with van der Waals surface area (Å²) in [4.78, 5) is 10.7. The van der Waals surface area contributed by atoms with Crippen LogP contribution in [0.3, 0.4) is 0 Å². The Morgan fingerprint density at radius 1 is 1.33 bits per heavy atom. The average molecular weight is 312 g/mol. The Morgan fingerprint density at radius 2 is 1.95 bits per heavy atom. The fourth-order valence-corrected chi connectivity index (χ4v) is 3.34. The van der Waals surface area contributed by atoms with Crippen LogP contribution < -0.4 is 10.0 Å². The Bertz CT molecular complexity index is 594. The van der Waals surface area contributed by atoms with Gasteiger partial charge in [0.25, 0.3) is 0 Å². The number of carboxylic acid groups (broad SMARTS) is 1. The molecule has 0 aliphatic heterocycles. The van der Waals surface area contributed by atoms with E-state index in [9.17, 15) is 13.2 Å². The molecule has 1 fully saturated rings. The molecule has 21 heavy (non-hydrogen) atoms. The zero-order valence-corrected chi connectivity index (χ0v) is 12.7. The maximum Gasteiger partial charge on any atom is 0.335 e. The molecule has 1 aromatic rings. The van der Waals surface area contributed by atoms with Crippen molar-refractivity contribution in [1.82, 2.24) is 10.0 Å². The van der Waals surface area contributed by atoms with E-state index < -0.39 is 16.0 Å². The highest BCUT2D eigenvalue weighted by Gasteiger charge is 2.35. The van der Waals surface area contributed by atoms with Crippen molar-refractivity contribution >= 4 is 16.0 Å². The lowest BCUT2D eigenvalue weighted by Crippen LogP contribution is -2.39. The van der Waals surface area contributed by atoms with Gasteiger partial charge in [0.05, 0.1) is 10.8 Å². The number of rotatable bonds is 8. The largest absolute Gasteiger partial charge is 0.478 e. The molecule has 116 valence electrons. The Hall–Kier alpha value is -1.44. The number of carboxylic acids is 1. The number of hydrogen-bond donors (Lipinski definition) is 3. The first kappa shape index (κ1) is 15.9. The summed E-state index contributed by atoms with van der Waals surface area (Å²) in [6.07, 6.45) is 1.51. The summed E-state index contributed by atoms with van der Waals surface area (Å²) >= 11 is 0. The molecule has 3 N–H and O–H groups in total. The summed E-state index contributed by atoms with van der Waals surface area (Å²) in [7, 11) is -3.14. The number of hydrogen-bond acceptors (Lipinski definition) is 4. The van der Waals surface area contributed by atoms with Crippen LogP contribution in [0.1, 0.15) is 35.7 Å². The van der Waals surface area contributed by atoms with Gasteiger partial charge in [-0.25, -0.2) is 17.9 Å². The Balaban J connectivity index is 1.75. The van der Waals surface area contributed by atoms with E-state index in [2.05, 4.69) is 10.0 Å². The smallest absolute Gasteiger partial charge is 0.335 e. The number of sulfonamides is 1. The summed E-state index contributed by atoms with van der Waals surface area (Å²) in [6.45, 7) is 2.82. The number of aromatic carboxylic acids is 1. The SMILES string of the molecule is CC(CNS(=O)(=O)C1CC1)NCc1ccc(C(=O)O)cc1. The topological polar surface area (TPSA) is 95.5 Å². The van der Waals surface area contributed by atoms with Crippen LogP contribution in [0.4, 0.5) is 0 Å². The number of benzene rings is 1. The van der Waals surface area contributed by atoms with E-state index >= 15 is 0 Å². The van der Waals surface area contributed by atoms with Gasteiger partial charge >= 0.3 is 5.97 Å². The van der Waals surface area contributed by atoms with Gasteiger partial charge in [0.2, 0.25) is 10.0 Å². The van der Waals surface area contributed by atoms with E-state index in [1.165, 1.54) is 0 Å². The molecular formula is C14H20N2O4S. The average Bonchev–Trinajstić information content (AvgIpc) is 3.28. The fourth-order valence-electron chi connectivity index (χ4n) is 1.87. The predicted molar refractivity (Wildman–Crippen MR) is 79.6 cm³/mol. The lowest BCUT2D eigenvalue weighted by atomic mass is 10.1. The summed E-state index contributed by atoms with van der Waals surface area (Å²) < 4.78 is 26.0. The van der Waals surface area contributed by atoms with Gasteiger partial charge in [0, 0.05) is 19.1 Å². The van der Waals surface area contributed by atoms with Gasteiger partial charge in [-0.1, -0.05) is 12.1 Å². The van der Waals surface area contributed by atoms with Crippen molar-refractivity contribution in [2.75, 3.05) is 6.54 Å². The van der Waals surface area contributed by atoms with Crippen LogP contribution in [0.25, 0.3) is 0 Å². The summed E-state index contributed by atoms with van der Waals surface area (Å²) in [5.41, 5.74) is 1.21. The van der Waals surface area contributed by atoms with E-state index in [1.807, 2.05) is 6.92 Å². The summed E-state index contributed by atoms with van der Waals surface area (Å²) in [5, 5.41) is 11.8. The normalized spacial score (nSPS) is 16.6. The van der Waals surface area contributed by atoms with Crippen LogP contribution >= 0.6 is 0 Å². The van der Waals surface area contributed by atoms with E-state index in [0.717, 1.165) is 18.4 Å². The second kappa shape index (κ2) is 6.55. The third kappa shape index (κ3) is 4.80. The monoisotopic (exact) mass is 312 g/mol. The van der Waals surface area contributed by atoms with E-state index in [1.54, 1.807) is 24.3 Å². The summed E-state index contributed by atoms with van der Waals surface area (Å²) in [5.74, 6) is -0.947. The maximum atomic E-state index is 11.7. The quantitative estimate of drug-likeness (QED) is 0.664. The highest BCUT2D eigenvalue weighted by Crippen LogP contribution is 2.27. The van der Waals surface area contributed by atoms with Crippen LogP contribution in [0, 0.1) is 0 Å². The molecule has 0 radical (unpaired) electrons. The van der Waals surface area contributed by atoms with Crippen LogP contribution in [0.2, 0.25) is 0 Å². The summed E-state index contributed by atoms with van der Waals surface area (Å²) in [6, 6.07) is 6.60. The molecule has 6 nitrogen and oxygen atoms in total. The molecule has 0 aromatic heterocycles. The molecule has 1 unspecified atom stereocenters.